The van der Waals surface area contributed by atoms with Gasteiger partial charge in [0, 0.05) is 28.8 Å². The van der Waals surface area contributed by atoms with Crippen LogP contribution in [0.5, 0.6) is 0 Å². The van der Waals surface area contributed by atoms with Gasteiger partial charge in [0.05, 0.1) is 0 Å². The van der Waals surface area contributed by atoms with E-state index in [1.165, 1.54) is 117 Å². The van der Waals surface area contributed by atoms with Crippen LogP contribution in [0.4, 0.5) is 0 Å². The lowest BCUT2D eigenvalue weighted by Crippen LogP contribution is -2.27. The summed E-state index contributed by atoms with van der Waals surface area (Å²) in [6.07, 6.45) is 14.8. The Labute approximate surface area is 230 Å². The molecule has 2 aliphatic carbocycles. The normalized spacial score (nSPS) is 18.5. The van der Waals surface area contributed by atoms with E-state index >= 15 is 0 Å². The summed E-state index contributed by atoms with van der Waals surface area (Å²) in [5.41, 5.74) is 6.09. The van der Waals surface area contributed by atoms with Crippen molar-refractivity contribution in [2.45, 2.75) is 116 Å². The Morgan fingerprint density at radius 3 is 1.06 bits per heavy atom. The molecular formula is C28H38Br4. The zero-order valence-corrected chi connectivity index (χ0v) is 26.5. The Morgan fingerprint density at radius 1 is 0.531 bits per heavy atom. The van der Waals surface area contributed by atoms with Crippen molar-refractivity contribution < 1.29 is 0 Å². The van der Waals surface area contributed by atoms with E-state index in [2.05, 4.69) is 104 Å². The third-order valence-electron chi connectivity index (χ3n) is 7.72. The van der Waals surface area contributed by atoms with Crippen LogP contribution in [0.25, 0.3) is 8.96 Å². The first-order valence-electron chi connectivity index (χ1n) is 12.7. The summed E-state index contributed by atoms with van der Waals surface area (Å²) in [6, 6.07) is 5.10. The van der Waals surface area contributed by atoms with Crippen LogP contribution in [0.3, 0.4) is 0 Å². The first-order chi connectivity index (χ1) is 15.3. The zero-order chi connectivity index (χ0) is 23.5. The molecule has 0 aromatic heterocycles. The van der Waals surface area contributed by atoms with Gasteiger partial charge in [0.1, 0.15) is 0 Å². The molecule has 32 heavy (non-hydrogen) atoms. The first-order valence-corrected chi connectivity index (χ1v) is 15.8. The quantitative estimate of drug-likeness (QED) is 0.204. The Bertz CT molecular complexity index is 803. The largest absolute Gasteiger partial charge is 0.0654 e. The summed E-state index contributed by atoms with van der Waals surface area (Å²) in [4.78, 5) is 0. The van der Waals surface area contributed by atoms with Gasteiger partial charge in [-0.15, -0.1) is 0 Å². The van der Waals surface area contributed by atoms with E-state index in [0.29, 0.717) is 0 Å². The minimum absolute atomic E-state index is 0.104. The molecule has 4 heteroatoms. The van der Waals surface area contributed by atoms with Crippen LogP contribution in [0, 0.1) is 0 Å². The van der Waals surface area contributed by atoms with Gasteiger partial charge >= 0.3 is 0 Å². The van der Waals surface area contributed by atoms with Crippen LogP contribution in [0.2, 0.25) is 0 Å². The van der Waals surface area contributed by atoms with Crippen molar-refractivity contribution in [2.24, 2.45) is 0 Å². The fourth-order valence-electron chi connectivity index (χ4n) is 5.79. The second-order valence-corrected chi connectivity index (χ2v) is 12.9. The lowest BCUT2D eigenvalue weighted by Gasteiger charge is -2.34. The molecule has 178 valence electrons. The van der Waals surface area contributed by atoms with Gasteiger partial charge in [0.25, 0.3) is 0 Å². The van der Waals surface area contributed by atoms with E-state index in [0.717, 1.165) is 0 Å². The summed E-state index contributed by atoms with van der Waals surface area (Å²) in [5.74, 6) is 0. The maximum atomic E-state index is 4.10. The molecule has 0 radical (unpaired) electrons. The van der Waals surface area contributed by atoms with Crippen molar-refractivity contribution in [1.82, 2.24) is 0 Å². The minimum atomic E-state index is 0.104. The molecule has 2 aliphatic rings. The van der Waals surface area contributed by atoms with Gasteiger partial charge in [0.2, 0.25) is 0 Å². The molecule has 3 rings (SSSR count). The summed E-state index contributed by atoms with van der Waals surface area (Å²) in [7, 11) is 0. The van der Waals surface area contributed by atoms with E-state index in [9.17, 15) is 0 Å². The number of hydrogen-bond donors (Lipinski definition) is 0. The van der Waals surface area contributed by atoms with Gasteiger partial charge in [-0.3, -0.25) is 0 Å². The number of allylic oxidation sites excluding steroid dienone is 2. The van der Waals surface area contributed by atoms with E-state index in [1.807, 2.05) is 0 Å². The molecule has 0 nitrogen and oxygen atoms in total. The van der Waals surface area contributed by atoms with Crippen LogP contribution in [-0.4, -0.2) is 0 Å². The maximum absolute atomic E-state index is 4.10. The predicted octanol–water partition coefficient (Wildman–Crippen LogP) is 11.9. The van der Waals surface area contributed by atoms with Gasteiger partial charge in [-0.05, 0) is 91.9 Å². The molecule has 0 amide bonds. The Morgan fingerprint density at radius 2 is 0.812 bits per heavy atom. The van der Waals surface area contributed by atoms with Crippen molar-refractivity contribution in [3.8, 4) is 0 Å². The van der Waals surface area contributed by atoms with Crippen molar-refractivity contribution in [2.75, 3.05) is 0 Å². The van der Waals surface area contributed by atoms with Gasteiger partial charge in [-0.1, -0.05) is 111 Å². The molecule has 0 saturated heterocycles. The molecule has 0 bridgehead atoms. The minimum Gasteiger partial charge on any atom is -0.0654 e. The van der Waals surface area contributed by atoms with E-state index in [1.54, 1.807) is 0 Å². The molecule has 0 saturated carbocycles. The molecule has 0 aliphatic heterocycles. The number of hydrogen-bond acceptors (Lipinski definition) is 0. The molecule has 0 N–H and O–H groups in total. The molecule has 0 atom stereocenters. The van der Waals surface area contributed by atoms with Crippen LogP contribution >= 0.6 is 63.7 Å². The highest BCUT2D eigenvalue weighted by molar-refractivity contribution is 9.17. The van der Waals surface area contributed by atoms with Crippen molar-refractivity contribution >= 4 is 72.7 Å². The highest BCUT2D eigenvalue weighted by Gasteiger charge is 2.48. The second-order valence-electron chi connectivity index (χ2n) is 9.78. The molecule has 0 unspecified atom stereocenters. The molecule has 1 aromatic rings. The number of unbranched alkanes of at least 4 members (excludes halogenated alkanes) is 4. The average molecular weight is 694 g/mol. The number of fused-ring (bicyclic) bond motifs is 2. The van der Waals surface area contributed by atoms with Gasteiger partial charge in [-0.25, -0.2) is 0 Å². The Balaban J connectivity index is 2.22. The van der Waals surface area contributed by atoms with Gasteiger partial charge in [-0.2, -0.15) is 0 Å². The van der Waals surface area contributed by atoms with Crippen LogP contribution in [0.15, 0.2) is 21.1 Å². The second kappa shape index (κ2) is 11.6. The SMILES string of the molecule is CCCCC1(CCCC)C(Br)=C(Br)c2cc3c(cc21)C(Br)=C(Br)C3(CCCC)CCCC. The number of benzene rings is 1. The Kier molecular flexibility index (Phi) is 9.84. The number of rotatable bonds is 12. The standard InChI is InChI=1S/C28H38Br4/c1-5-9-13-27(14-10-6-2)21-17-20-22(18-19(21)23(29)25(27)31)28(15-11-7-3,16-12-8-4)26(32)24(20)30/h17-18H,5-16H2,1-4H3. The topological polar surface area (TPSA) is 0 Å². The van der Waals surface area contributed by atoms with Crippen LogP contribution in [-0.2, 0) is 10.8 Å². The predicted molar refractivity (Wildman–Crippen MR) is 157 cm³/mol. The van der Waals surface area contributed by atoms with Crippen LogP contribution in [0.1, 0.15) is 127 Å². The lowest BCUT2D eigenvalue weighted by molar-refractivity contribution is 0.416. The van der Waals surface area contributed by atoms with E-state index in [4.69, 9.17) is 0 Å². The summed E-state index contributed by atoms with van der Waals surface area (Å²) < 4.78 is 5.30. The molecule has 1 aromatic carbocycles. The van der Waals surface area contributed by atoms with Crippen LogP contribution < -0.4 is 0 Å². The summed E-state index contributed by atoms with van der Waals surface area (Å²) >= 11 is 16.3. The molecule has 0 heterocycles. The first kappa shape index (κ1) is 27.2. The Hall–Kier alpha value is 0.620. The van der Waals surface area contributed by atoms with Gasteiger partial charge < -0.3 is 0 Å². The fraction of sp³-hybridized carbons (Fsp3) is 0.643. The monoisotopic (exact) mass is 690 g/mol. The lowest BCUT2D eigenvalue weighted by atomic mass is 9.71. The third-order valence-corrected chi connectivity index (χ3v) is 12.7. The summed E-state index contributed by atoms with van der Waals surface area (Å²) in [5, 5.41) is 0. The average Bonchev–Trinajstić information content (AvgIpc) is 3.13. The van der Waals surface area contributed by atoms with Crippen molar-refractivity contribution in [3.05, 3.63) is 43.4 Å². The van der Waals surface area contributed by atoms with Crippen molar-refractivity contribution in [3.63, 3.8) is 0 Å². The van der Waals surface area contributed by atoms with Crippen molar-refractivity contribution in [1.29, 1.82) is 0 Å². The molecule has 0 spiro atoms. The highest BCUT2D eigenvalue weighted by Crippen LogP contribution is 2.62. The maximum Gasteiger partial charge on any atom is 0.0361 e. The number of halogens is 4. The smallest absolute Gasteiger partial charge is 0.0361 e. The molecule has 0 fully saturated rings. The molecular weight excluding hydrogens is 656 g/mol. The zero-order valence-electron chi connectivity index (χ0n) is 20.2. The third kappa shape index (κ3) is 4.58. The van der Waals surface area contributed by atoms with Gasteiger partial charge in [0.15, 0.2) is 0 Å². The summed E-state index contributed by atoms with van der Waals surface area (Å²) in [6.45, 7) is 9.24. The fourth-order valence-corrected chi connectivity index (χ4v) is 8.85. The van der Waals surface area contributed by atoms with E-state index in [-0.39, 0.29) is 10.8 Å². The highest BCUT2D eigenvalue weighted by atomic mass is 79.9. The van der Waals surface area contributed by atoms with E-state index < -0.39 is 0 Å².